The fourth-order valence-electron chi connectivity index (χ4n) is 2.82. The van der Waals surface area contributed by atoms with Crippen LogP contribution in [0.1, 0.15) is 27.5 Å². The first-order valence-electron chi connectivity index (χ1n) is 6.18. The summed E-state index contributed by atoms with van der Waals surface area (Å²) in [5.74, 6) is 0.673. The van der Waals surface area contributed by atoms with Gasteiger partial charge >= 0.3 is 0 Å². The molecule has 1 aromatic heterocycles. The maximum atomic E-state index is 12.0. The molecule has 0 radical (unpaired) electrons. The number of thiazole rings is 1. The molecule has 17 heavy (non-hydrogen) atoms. The summed E-state index contributed by atoms with van der Waals surface area (Å²) in [5, 5.41) is 3.74. The molecule has 1 atom stereocenters. The van der Waals surface area contributed by atoms with Crippen LogP contribution in [0, 0.1) is 12.8 Å². The van der Waals surface area contributed by atoms with Crippen LogP contribution >= 0.6 is 11.3 Å². The molecule has 4 heterocycles. The number of carbonyl (C=O) groups excluding carboxylic acids is 1. The SMILES string of the molecule is Cc1cnc(C(=O)N[C@H]2CN3CCC2CC3)s1. The van der Waals surface area contributed by atoms with Crippen molar-refractivity contribution in [2.24, 2.45) is 5.92 Å². The Balaban J connectivity index is 1.65. The third-order valence-electron chi connectivity index (χ3n) is 3.79. The molecule has 0 saturated carbocycles. The summed E-state index contributed by atoms with van der Waals surface area (Å²) in [4.78, 5) is 19.7. The summed E-state index contributed by atoms with van der Waals surface area (Å²) in [7, 11) is 0. The molecule has 1 amide bonds. The van der Waals surface area contributed by atoms with Crippen LogP contribution in [0.4, 0.5) is 0 Å². The lowest BCUT2D eigenvalue weighted by molar-refractivity contribution is 0.0620. The van der Waals surface area contributed by atoms with Gasteiger partial charge in [0, 0.05) is 23.7 Å². The maximum absolute atomic E-state index is 12.0. The Kier molecular flexibility index (Phi) is 2.88. The number of carbonyl (C=O) groups is 1. The van der Waals surface area contributed by atoms with Gasteiger partial charge < -0.3 is 10.2 Å². The van der Waals surface area contributed by atoms with Gasteiger partial charge in [-0.2, -0.15) is 0 Å². The predicted molar refractivity (Wildman–Crippen MR) is 67.3 cm³/mol. The summed E-state index contributed by atoms with van der Waals surface area (Å²) in [6.45, 7) is 5.39. The van der Waals surface area contributed by atoms with Gasteiger partial charge in [0.25, 0.3) is 5.91 Å². The predicted octanol–water partition coefficient (Wildman–Crippen LogP) is 1.28. The molecule has 4 rings (SSSR count). The number of hydrogen-bond donors (Lipinski definition) is 1. The van der Waals surface area contributed by atoms with Gasteiger partial charge in [-0.05, 0) is 38.8 Å². The highest BCUT2D eigenvalue weighted by molar-refractivity contribution is 7.13. The molecule has 0 unspecified atom stereocenters. The number of nitrogens with zero attached hydrogens (tertiary/aromatic N) is 2. The molecule has 3 fully saturated rings. The van der Waals surface area contributed by atoms with E-state index in [1.807, 2.05) is 6.92 Å². The summed E-state index contributed by atoms with van der Waals surface area (Å²) in [6, 6.07) is 0.328. The second-order valence-electron chi connectivity index (χ2n) is 4.99. The van der Waals surface area contributed by atoms with Crippen molar-refractivity contribution in [3.05, 3.63) is 16.1 Å². The Hall–Kier alpha value is -0.940. The third-order valence-corrected chi connectivity index (χ3v) is 4.70. The number of nitrogens with one attached hydrogen (secondary N) is 1. The summed E-state index contributed by atoms with van der Waals surface area (Å²) >= 11 is 1.47. The number of aryl methyl sites for hydroxylation is 1. The zero-order valence-corrected chi connectivity index (χ0v) is 10.8. The third kappa shape index (κ3) is 2.21. The number of amides is 1. The van der Waals surface area contributed by atoms with Crippen molar-refractivity contribution >= 4 is 17.2 Å². The smallest absolute Gasteiger partial charge is 0.280 e. The number of hydrogen-bond acceptors (Lipinski definition) is 4. The quantitative estimate of drug-likeness (QED) is 0.861. The van der Waals surface area contributed by atoms with Gasteiger partial charge in [0.15, 0.2) is 5.01 Å². The molecule has 0 spiro atoms. The molecule has 0 aliphatic carbocycles. The van der Waals surface area contributed by atoms with Gasteiger partial charge in [0.05, 0.1) is 0 Å². The van der Waals surface area contributed by atoms with Crippen LogP contribution in [0.5, 0.6) is 0 Å². The Bertz CT molecular complexity index is 423. The summed E-state index contributed by atoms with van der Waals surface area (Å²) in [5.41, 5.74) is 0. The second kappa shape index (κ2) is 4.38. The molecule has 2 bridgehead atoms. The summed E-state index contributed by atoms with van der Waals surface area (Å²) < 4.78 is 0. The first kappa shape index (κ1) is 11.2. The lowest BCUT2D eigenvalue weighted by Crippen LogP contribution is -2.57. The zero-order chi connectivity index (χ0) is 11.8. The van der Waals surface area contributed by atoms with E-state index in [0.717, 1.165) is 11.4 Å². The molecule has 5 heteroatoms. The van der Waals surface area contributed by atoms with Crippen molar-refractivity contribution in [2.75, 3.05) is 19.6 Å². The highest BCUT2D eigenvalue weighted by Gasteiger charge is 2.35. The molecule has 92 valence electrons. The monoisotopic (exact) mass is 251 g/mol. The number of aromatic nitrogens is 1. The van der Waals surface area contributed by atoms with Crippen molar-refractivity contribution in [1.82, 2.24) is 15.2 Å². The van der Waals surface area contributed by atoms with Crippen LogP contribution in [0.2, 0.25) is 0 Å². The van der Waals surface area contributed by atoms with Crippen molar-refractivity contribution < 1.29 is 4.79 Å². The summed E-state index contributed by atoms with van der Waals surface area (Å²) in [6.07, 6.45) is 4.21. The van der Waals surface area contributed by atoms with Gasteiger partial charge in [-0.15, -0.1) is 11.3 Å². The number of piperidine rings is 3. The van der Waals surface area contributed by atoms with Gasteiger partial charge in [-0.3, -0.25) is 4.79 Å². The largest absolute Gasteiger partial charge is 0.346 e. The van der Waals surface area contributed by atoms with Gasteiger partial charge in [-0.25, -0.2) is 4.98 Å². The number of fused-ring (bicyclic) bond motifs is 3. The molecule has 3 aliphatic heterocycles. The lowest BCUT2D eigenvalue weighted by Gasteiger charge is -2.44. The van der Waals surface area contributed by atoms with E-state index >= 15 is 0 Å². The standard InChI is InChI=1S/C12H17N3OS/c1-8-6-13-12(17-8)11(16)14-10-7-15-4-2-9(10)3-5-15/h6,9-10H,2-5,7H2,1H3,(H,14,16)/t10-/m0/s1. The highest BCUT2D eigenvalue weighted by atomic mass is 32.1. The van der Waals surface area contributed by atoms with E-state index in [1.54, 1.807) is 6.20 Å². The van der Waals surface area contributed by atoms with Crippen LogP contribution in [0.15, 0.2) is 6.20 Å². The Morgan fingerprint density at radius 3 is 2.82 bits per heavy atom. The topological polar surface area (TPSA) is 45.2 Å². The van der Waals surface area contributed by atoms with E-state index in [2.05, 4.69) is 15.2 Å². The van der Waals surface area contributed by atoms with Crippen molar-refractivity contribution in [2.45, 2.75) is 25.8 Å². The van der Waals surface area contributed by atoms with E-state index < -0.39 is 0 Å². The second-order valence-corrected chi connectivity index (χ2v) is 6.23. The van der Waals surface area contributed by atoms with E-state index in [4.69, 9.17) is 0 Å². The van der Waals surface area contributed by atoms with E-state index in [1.165, 1.54) is 37.3 Å². The van der Waals surface area contributed by atoms with Gasteiger partial charge in [0.2, 0.25) is 0 Å². The fraction of sp³-hybridized carbons (Fsp3) is 0.667. The van der Waals surface area contributed by atoms with E-state index in [0.29, 0.717) is 17.0 Å². The first-order chi connectivity index (χ1) is 8.22. The lowest BCUT2D eigenvalue weighted by atomic mass is 9.84. The van der Waals surface area contributed by atoms with Crippen LogP contribution in [0.3, 0.4) is 0 Å². The minimum atomic E-state index is 0.00171. The van der Waals surface area contributed by atoms with Gasteiger partial charge in [0.1, 0.15) is 0 Å². The minimum absolute atomic E-state index is 0.00171. The van der Waals surface area contributed by atoms with Crippen molar-refractivity contribution in [3.63, 3.8) is 0 Å². The minimum Gasteiger partial charge on any atom is -0.346 e. The first-order valence-corrected chi connectivity index (χ1v) is 6.99. The van der Waals surface area contributed by atoms with Gasteiger partial charge in [-0.1, -0.05) is 0 Å². The molecule has 0 aromatic carbocycles. The molecular weight excluding hydrogens is 234 g/mol. The fourth-order valence-corrected chi connectivity index (χ4v) is 3.49. The molecule has 3 saturated heterocycles. The van der Waals surface area contributed by atoms with Crippen LogP contribution in [0.25, 0.3) is 0 Å². The Labute approximate surface area is 105 Å². The zero-order valence-electron chi connectivity index (χ0n) is 9.98. The maximum Gasteiger partial charge on any atom is 0.280 e. The van der Waals surface area contributed by atoms with Crippen molar-refractivity contribution in [1.29, 1.82) is 0 Å². The average Bonchev–Trinajstić information content (AvgIpc) is 2.77. The van der Waals surface area contributed by atoms with Crippen LogP contribution in [-0.4, -0.2) is 41.5 Å². The molecule has 4 nitrogen and oxygen atoms in total. The Morgan fingerprint density at radius 1 is 1.53 bits per heavy atom. The van der Waals surface area contributed by atoms with Crippen molar-refractivity contribution in [3.8, 4) is 0 Å². The van der Waals surface area contributed by atoms with E-state index in [-0.39, 0.29) is 5.91 Å². The molecule has 3 aliphatic rings. The van der Waals surface area contributed by atoms with Crippen LogP contribution in [-0.2, 0) is 0 Å². The molecule has 1 N–H and O–H groups in total. The normalized spacial score (nSPS) is 31.5. The van der Waals surface area contributed by atoms with E-state index in [9.17, 15) is 4.79 Å². The average molecular weight is 251 g/mol. The molecule has 1 aromatic rings. The number of rotatable bonds is 2. The van der Waals surface area contributed by atoms with Crippen LogP contribution < -0.4 is 5.32 Å². The highest BCUT2D eigenvalue weighted by Crippen LogP contribution is 2.27. The molecular formula is C12H17N3OS. The Morgan fingerprint density at radius 2 is 2.29 bits per heavy atom.